The molecule has 0 atom stereocenters. The Bertz CT molecular complexity index is 690. The Morgan fingerprint density at radius 2 is 1.78 bits per heavy atom. The minimum Gasteiger partial charge on any atom is -0.345 e. The molecule has 0 bridgehead atoms. The zero-order valence-corrected chi connectivity index (χ0v) is 15.0. The van der Waals surface area contributed by atoms with Crippen LogP contribution >= 0.6 is 11.6 Å². The molecule has 1 amide bonds. The molecule has 3 heteroatoms. The van der Waals surface area contributed by atoms with Gasteiger partial charge in [-0.25, -0.2) is 0 Å². The minimum absolute atomic E-state index is 0.0120. The summed E-state index contributed by atoms with van der Waals surface area (Å²) < 4.78 is 0. The fourth-order valence-electron chi connectivity index (χ4n) is 2.94. The van der Waals surface area contributed by atoms with Crippen LogP contribution in [0.15, 0.2) is 42.5 Å². The maximum atomic E-state index is 12.2. The van der Waals surface area contributed by atoms with Gasteiger partial charge in [-0.15, -0.1) is 0 Å². The Balaban J connectivity index is 2.55. The summed E-state index contributed by atoms with van der Waals surface area (Å²) in [6, 6.07) is 13.9. The van der Waals surface area contributed by atoms with Crippen molar-refractivity contribution in [1.82, 2.24) is 4.90 Å². The number of carbonyl (C=O) groups excluding carboxylic acids is 1. The predicted molar refractivity (Wildman–Crippen MR) is 98.2 cm³/mol. The Morgan fingerprint density at radius 1 is 1.09 bits per heavy atom. The highest BCUT2D eigenvalue weighted by molar-refractivity contribution is 6.30. The van der Waals surface area contributed by atoms with Gasteiger partial charge in [0.15, 0.2) is 0 Å². The van der Waals surface area contributed by atoms with Gasteiger partial charge in [-0.05, 0) is 59.7 Å². The van der Waals surface area contributed by atoms with Crippen LogP contribution in [0.5, 0.6) is 0 Å². The van der Waals surface area contributed by atoms with Crippen LogP contribution in [0, 0.1) is 0 Å². The number of carbonyl (C=O) groups is 1. The third-order valence-electron chi connectivity index (χ3n) is 4.27. The van der Waals surface area contributed by atoms with Crippen molar-refractivity contribution in [3.05, 3.63) is 58.6 Å². The molecule has 0 saturated heterocycles. The summed E-state index contributed by atoms with van der Waals surface area (Å²) in [5, 5.41) is 0.721. The van der Waals surface area contributed by atoms with Gasteiger partial charge in [0.2, 0.25) is 0 Å². The third kappa shape index (κ3) is 3.94. The normalized spacial score (nSPS) is 10.9. The van der Waals surface area contributed by atoms with Crippen LogP contribution in [0.25, 0.3) is 11.1 Å². The van der Waals surface area contributed by atoms with Crippen LogP contribution in [-0.2, 0) is 0 Å². The van der Waals surface area contributed by atoms with E-state index in [1.54, 1.807) is 19.0 Å². The summed E-state index contributed by atoms with van der Waals surface area (Å²) in [5.41, 5.74) is 4.17. The highest BCUT2D eigenvalue weighted by Gasteiger charge is 2.15. The van der Waals surface area contributed by atoms with Crippen LogP contribution < -0.4 is 0 Å². The molecular weight excluding hydrogens is 306 g/mol. The first-order chi connectivity index (χ1) is 11.0. The molecule has 0 radical (unpaired) electrons. The lowest BCUT2D eigenvalue weighted by Crippen LogP contribution is -2.21. The van der Waals surface area contributed by atoms with Gasteiger partial charge in [-0.1, -0.05) is 43.6 Å². The molecule has 0 aliphatic carbocycles. The summed E-state index contributed by atoms with van der Waals surface area (Å²) in [7, 11) is 3.54. The SMILES string of the molecule is CCC(CC)c1ccc(Cl)cc1-c1cccc(C(=O)N(C)C)c1. The summed E-state index contributed by atoms with van der Waals surface area (Å²) in [6.45, 7) is 4.41. The van der Waals surface area contributed by atoms with Crippen molar-refractivity contribution in [3.8, 4) is 11.1 Å². The van der Waals surface area contributed by atoms with E-state index in [1.165, 1.54) is 5.56 Å². The lowest BCUT2D eigenvalue weighted by atomic mass is 9.87. The first-order valence-electron chi connectivity index (χ1n) is 8.09. The molecule has 23 heavy (non-hydrogen) atoms. The number of hydrogen-bond acceptors (Lipinski definition) is 1. The topological polar surface area (TPSA) is 20.3 Å². The second kappa shape index (κ2) is 7.65. The number of halogens is 1. The molecule has 0 aliphatic heterocycles. The van der Waals surface area contributed by atoms with Crippen molar-refractivity contribution >= 4 is 17.5 Å². The lowest BCUT2D eigenvalue weighted by molar-refractivity contribution is 0.0827. The molecule has 0 spiro atoms. The molecule has 0 N–H and O–H groups in total. The highest BCUT2D eigenvalue weighted by Crippen LogP contribution is 2.35. The van der Waals surface area contributed by atoms with Crippen LogP contribution in [0.4, 0.5) is 0 Å². The number of amides is 1. The Hall–Kier alpha value is -1.80. The molecule has 0 saturated carbocycles. The minimum atomic E-state index is 0.0120. The van der Waals surface area contributed by atoms with E-state index in [-0.39, 0.29) is 5.91 Å². The second-order valence-electron chi connectivity index (χ2n) is 6.03. The zero-order valence-electron chi connectivity index (χ0n) is 14.3. The summed E-state index contributed by atoms with van der Waals surface area (Å²) >= 11 is 6.24. The fourth-order valence-corrected chi connectivity index (χ4v) is 3.11. The lowest BCUT2D eigenvalue weighted by Gasteiger charge is -2.19. The van der Waals surface area contributed by atoms with Crippen molar-refractivity contribution in [2.24, 2.45) is 0 Å². The largest absolute Gasteiger partial charge is 0.345 e. The van der Waals surface area contributed by atoms with E-state index in [0.717, 1.165) is 29.0 Å². The van der Waals surface area contributed by atoms with E-state index in [0.29, 0.717) is 11.5 Å². The standard InChI is InChI=1S/C20H24ClNO/c1-5-14(6-2)18-11-10-17(21)13-19(18)15-8-7-9-16(12-15)20(23)22(3)4/h7-14H,5-6H2,1-4H3. The second-order valence-corrected chi connectivity index (χ2v) is 6.46. The molecule has 0 aliphatic rings. The van der Waals surface area contributed by atoms with E-state index < -0.39 is 0 Å². The Kier molecular flexibility index (Phi) is 5.84. The number of hydrogen-bond donors (Lipinski definition) is 0. The number of rotatable bonds is 5. The number of nitrogens with zero attached hydrogens (tertiary/aromatic N) is 1. The quantitative estimate of drug-likeness (QED) is 0.698. The van der Waals surface area contributed by atoms with E-state index in [2.05, 4.69) is 19.9 Å². The maximum Gasteiger partial charge on any atom is 0.253 e. The molecule has 2 rings (SSSR count). The van der Waals surface area contributed by atoms with E-state index in [9.17, 15) is 4.79 Å². The van der Waals surface area contributed by atoms with Gasteiger partial charge in [-0.2, -0.15) is 0 Å². The average Bonchev–Trinajstić information content (AvgIpc) is 2.56. The maximum absolute atomic E-state index is 12.2. The van der Waals surface area contributed by atoms with E-state index >= 15 is 0 Å². The summed E-state index contributed by atoms with van der Waals surface area (Å²) in [4.78, 5) is 13.8. The fraction of sp³-hybridized carbons (Fsp3) is 0.350. The van der Waals surface area contributed by atoms with Crippen LogP contribution in [-0.4, -0.2) is 24.9 Å². The van der Waals surface area contributed by atoms with Gasteiger partial charge in [0.05, 0.1) is 0 Å². The Morgan fingerprint density at radius 3 is 2.39 bits per heavy atom. The van der Waals surface area contributed by atoms with E-state index in [4.69, 9.17) is 11.6 Å². The van der Waals surface area contributed by atoms with Crippen LogP contribution in [0.1, 0.15) is 48.5 Å². The Labute approximate surface area is 144 Å². The first-order valence-corrected chi connectivity index (χ1v) is 8.47. The molecule has 2 aromatic carbocycles. The van der Waals surface area contributed by atoms with Crippen molar-refractivity contribution in [2.45, 2.75) is 32.6 Å². The van der Waals surface area contributed by atoms with Gasteiger partial charge in [0.1, 0.15) is 0 Å². The summed E-state index contributed by atoms with van der Waals surface area (Å²) in [5.74, 6) is 0.508. The van der Waals surface area contributed by atoms with Gasteiger partial charge < -0.3 is 4.90 Å². The molecule has 0 aromatic heterocycles. The molecule has 2 nitrogen and oxygen atoms in total. The summed E-state index contributed by atoms with van der Waals surface area (Å²) in [6.07, 6.45) is 2.17. The van der Waals surface area contributed by atoms with Gasteiger partial charge >= 0.3 is 0 Å². The molecule has 2 aromatic rings. The van der Waals surface area contributed by atoms with Gasteiger partial charge in [-0.3, -0.25) is 4.79 Å². The van der Waals surface area contributed by atoms with Crippen LogP contribution in [0.2, 0.25) is 5.02 Å². The highest BCUT2D eigenvalue weighted by atomic mass is 35.5. The molecule has 122 valence electrons. The van der Waals surface area contributed by atoms with Gasteiger partial charge in [0, 0.05) is 24.7 Å². The number of benzene rings is 2. The molecule has 0 heterocycles. The molecule has 0 unspecified atom stereocenters. The van der Waals surface area contributed by atoms with Crippen molar-refractivity contribution < 1.29 is 4.79 Å². The van der Waals surface area contributed by atoms with Gasteiger partial charge in [0.25, 0.3) is 5.91 Å². The van der Waals surface area contributed by atoms with Crippen molar-refractivity contribution in [2.75, 3.05) is 14.1 Å². The van der Waals surface area contributed by atoms with Crippen molar-refractivity contribution in [3.63, 3.8) is 0 Å². The predicted octanol–water partition coefficient (Wildman–Crippen LogP) is 5.61. The van der Waals surface area contributed by atoms with Crippen LogP contribution in [0.3, 0.4) is 0 Å². The smallest absolute Gasteiger partial charge is 0.253 e. The molecule has 0 fully saturated rings. The third-order valence-corrected chi connectivity index (χ3v) is 4.50. The monoisotopic (exact) mass is 329 g/mol. The van der Waals surface area contributed by atoms with E-state index in [1.807, 2.05) is 36.4 Å². The van der Waals surface area contributed by atoms with Crippen molar-refractivity contribution in [1.29, 1.82) is 0 Å². The zero-order chi connectivity index (χ0) is 17.0. The first kappa shape index (κ1) is 17.6. The average molecular weight is 330 g/mol. The molecular formula is C20H24ClNO.